The molecular formula is C67H114O6. The normalized spacial score (nSPS) is 12.8. The Morgan fingerprint density at radius 2 is 0.548 bits per heavy atom. The summed E-state index contributed by atoms with van der Waals surface area (Å²) in [6, 6.07) is 0. The molecule has 0 amide bonds. The van der Waals surface area contributed by atoms with E-state index in [1.807, 2.05) is 0 Å². The van der Waals surface area contributed by atoms with E-state index < -0.39 is 6.10 Å². The standard InChI is InChI=1S/C67H114O6/c1-4-7-10-13-16-19-22-25-28-31-32-33-34-37-40-43-46-49-52-55-58-61-67(70)73-64(62-71-65(68)59-56-53-50-47-44-41-38-35-29-26-23-20-17-14-11-8-5-2)63-72-66(69)60-57-54-51-48-45-42-39-36-30-27-24-21-18-15-12-9-6-3/h8,11,17,20,26-27,29-30,38-39,41-42,47-48,50-51,64H,4-7,9-10,12-16,18-19,21-25,28,31-37,40,43-46,49,52-63H2,1-3H3/b11-8-,20-17-,29-26-,30-27-,41-38-,42-39-,50-47-,51-48-/t64-/m1/s1. The summed E-state index contributed by atoms with van der Waals surface area (Å²) in [6.07, 6.45) is 81.4. The minimum atomic E-state index is -0.821. The van der Waals surface area contributed by atoms with Crippen LogP contribution in [0.5, 0.6) is 0 Å². The summed E-state index contributed by atoms with van der Waals surface area (Å²) in [6.45, 7) is 6.45. The molecule has 0 heterocycles. The number of unbranched alkanes of at least 4 members (excludes halogenated alkanes) is 28. The molecular weight excluding hydrogens is 901 g/mol. The molecule has 73 heavy (non-hydrogen) atoms. The van der Waals surface area contributed by atoms with Gasteiger partial charge in [-0.3, -0.25) is 14.4 Å². The first kappa shape index (κ1) is 69.3. The van der Waals surface area contributed by atoms with E-state index in [4.69, 9.17) is 14.2 Å². The fourth-order valence-corrected chi connectivity index (χ4v) is 8.50. The first-order valence-electron chi connectivity index (χ1n) is 30.7. The van der Waals surface area contributed by atoms with Gasteiger partial charge >= 0.3 is 17.9 Å². The minimum Gasteiger partial charge on any atom is -0.462 e. The average molecular weight is 1020 g/mol. The van der Waals surface area contributed by atoms with Crippen molar-refractivity contribution < 1.29 is 28.6 Å². The molecule has 0 spiro atoms. The molecule has 0 aliphatic heterocycles. The molecule has 418 valence electrons. The van der Waals surface area contributed by atoms with Crippen LogP contribution >= 0.6 is 0 Å². The van der Waals surface area contributed by atoms with Crippen LogP contribution in [-0.2, 0) is 28.6 Å². The third-order valence-electron chi connectivity index (χ3n) is 13.1. The largest absolute Gasteiger partial charge is 0.462 e. The molecule has 6 heteroatoms. The summed E-state index contributed by atoms with van der Waals surface area (Å²) in [5.74, 6) is -1.02. The Bertz CT molecular complexity index is 1440. The van der Waals surface area contributed by atoms with Gasteiger partial charge in [-0.25, -0.2) is 0 Å². The van der Waals surface area contributed by atoms with E-state index in [1.165, 1.54) is 161 Å². The zero-order chi connectivity index (χ0) is 52.9. The fraction of sp³-hybridized carbons (Fsp3) is 0.716. The lowest BCUT2D eigenvalue weighted by atomic mass is 10.0. The maximum absolute atomic E-state index is 12.9. The summed E-state index contributed by atoms with van der Waals surface area (Å²) < 4.78 is 16.8. The van der Waals surface area contributed by atoms with Gasteiger partial charge in [-0.15, -0.1) is 0 Å². The molecule has 0 aromatic rings. The zero-order valence-electron chi connectivity index (χ0n) is 47.9. The molecule has 0 saturated heterocycles. The summed E-state index contributed by atoms with van der Waals surface area (Å²) in [7, 11) is 0. The van der Waals surface area contributed by atoms with Gasteiger partial charge in [0.15, 0.2) is 6.10 Å². The lowest BCUT2D eigenvalue weighted by Crippen LogP contribution is -2.30. The minimum absolute atomic E-state index is 0.120. The summed E-state index contributed by atoms with van der Waals surface area (Å²) >= 11 is 0. The maximum atomic E-state index is 12.9. The highest BCUT2D eigenvalue weighted by Gasteiger charge is 2.19. The second-order valence-electron chi connectivity index (χ2n) is 20.2. The Labute approximate surface area is 451 Å². The summed E-state index contributed by atoms with van der Waals surface area (Å²) in [5, 5.41) is 0. The monoisotopic (exact) mass is 1010 g/mol. The van der Waals surface area contributed by atoms with Crippen LogP contribution in [0.2, 0.25) is 0 Å². The zero-order valence-corrected chi connectivity index (χ0v) is 47.9. The first-order chi connectivity index (χ1) is 36.0. The van der Waals surface area contributed by atoms with Crippen molar-refractivity contribution in [3.8, 4) is 0 Å². The van der Waals surface area contributed by atoms with E-state index in [0.717, 1.165) is 77.0 Å². The third-order valence-corrected chi connectivity index (χ3v) is 13.1. The molecule has 0 unspecified atom stereocenters. The van der Waals surface area contributed by atoms with Gasteiger partial charge in [-0.1, -0.05) is 279 Å². The molecule has 1 atom stereocenters. The van der Waals surface area contributed by atoms with Crippen molar-refractivity contribution in [1.29, 1.82) is 0 Å². The number of hydrogen-bond acceptors (Lipinski definition) is 6. The molecule has 0 saturated carbocycles. The highest BCUT2D eigenvalue weighted by Crippen LogP contribution is 2.16. The smallest absolute Gasteiger partial charge is 0.306 e. The van der Waals surface area contributed by atoms with Crippen molar-refractivity contribution >= 4 is 17.9 Å². The van der Waals surface area contributed by atoms with Gasteiger partial charge in [0.25, 0.3) is 0 Å². The van der Waals surface area contributed by atoms with Crippen molar-refractivity contribution in [2.75, 3.05) is 13.2 Å². The van der Waals surface area contributed by atoms with E-state index in [1.54, 1.807) is 0 Å². The molecule has 6 nitrogen and oxygen atoms in total. The SMILES string of the molecule is CC/C=C\C/C=C\C/C=C\C/C=C\C/C=C\CCCC(=O)OC[C@H](COC(=O)CCC/C=C\C/C=C\C/C=C\CCCCCCCC)OC(=O)CCCCCCCCCCCCCCCCCCCCCCC. The van der Waals surface area contributed by atoms with Gasteiger partial charge < -0.3 is 14.2 Å². The highest BCUT2D eigenvalue weighted by molar-refractivity contribution is 5.71. The van der Waals surface area contributed by atoms with E-state index in [2.05, 4.69) is 118 Å². The lowest BCUT2D eigenvalue weighted by Gasteiger charge is -2.18. The van der Waals surface area contributed by atoms with Crippen molar-refractivity contribution in [3.63, 3.8) is 0 Å². The Morgan fingerprint density at radius 1 is 0.288 bits per heavy atom. The molecule has 0 aliphatic rings. The van der Waals surface area contributed by atoms with Crippen molar-refractivity contribution in [2.24, 2.45) is 0 Å². The van der Waals surface area contributed by atoms with Crippen LogP contribution < -0.4 is 0 Å². The number of allylic oxidation sites excluding steroid dienone is 16. The van der Waals surface area contributed by atoms with Crippen LogP contribution in [-0.4, -0.2) is 37.2 Å². The van der Waals surface area contributed by atoms with E-state index >= 15 is 0 Å². The van der Waals surface area contributed by atoms with Gasteiger partial charge in [0.1, 0.15) is 13.2 Å². The van der Waals surface area contributed by atoms with Gasteiger partial charge in [0.2, 0.25) is 0 Å². The molecule has 0 aromatic carbocycles. The Kier molecular flexibility index (Phi) is 57.8. The Hall–Kier alpha value is -3.67. The predicted molar refractivity (Wildman–Crippen MR) is 316 cm³/mol. The van der Waals surface area contributed by atoms with Crippen LogP contribution in [0.1, 0.15) is 290 Å². The molecule has 0 bridgehead atoms. The summed E-state index contributed by atoms with van der Waals surface area (Å²) in [5.41, 5.74) is 0. The second kappa shape index (κ2) is 60.9. The lowest BCUT2D eigenvalue weighted by molar-refractivity contribution is -0.167. The van der Waals surface area contributed by atoms with E-state index in [9.17, 15) is 14.4 Å². The topological polar surface area (TPSA) is 78.9 Å². The Morgan fingerprint density at radius 3 is 0.877 bits per heavy atom. The average Bonchev–Trinajstić information content (AvgIpc) is 3.39. The van der Waals surface area contributed by atoms with Crippen LogP contribution in [0.15, 0.2) is 97.2 Å². The number of carbonyl (C=O) groups is 3. The van der Waals surface area contributed by atoms with Crippen LogP contribution in [0.25, 0.3) is 0 Å². The van der Waals surface area contributed by atoms with E-state index in [-0.39, 0.29) is 44.0 Å². The van der Waals surface area contributed by atoms with Crippen molar-refractivity contribution in [2.45, 2.75) is 297 Å². The number of esters is 3. The van der Waals surface area contributed by atoms with Crippen LogP contribution in [0.4, 0.5) is 0 Å². The van der Waals surface area contributed by atoms with Crippen LogP contribution in [0, 0.1) is 0 Å². The number of hydrogen-bond donors (Lipinski definition) is 0. The van der Waals surface area contributed by atoms with Gasteiger partial charge in [-0.2, -0.15) is 0 Å². The number of ether oxygens (including phenoxy) is 3. The van der Waals surface area contributed by atoms with Gasteiger partial charge in [-0.05, 0) is 89.9 Å². The van der Waals surface area contributed by atoms with Crippen molar-refractivity contribution in [1.82, 2.24) is 0 Å². The fourth-order valence-electron chi connectivity index (χ4n) is 8.50. The van der Waals surface area contributed by atoms with Crippen LogP contribution in [0.3, 0.4) is 0 Å². The van der Waals surface area contributed by atoms with E-state index in [0.29, 0.717) is 19.3 Å². The van der Waals surface area contributed by atoms with Gasteiger partial charge in [0, 0.05) is 19.3 Å². The van der Waals surface area contributed by atoms with Crippen molar-refractivity contribution in [3.05, 3.63) is 97.2 Å². The molecule has 0 N–H and O–H groups in total. The molecule has 0 rings (SSSR count). The van der Waals surface area contributed by atoms with Gasteiger partial charge in [0.05, 0.1) is 0 Å². The Balaban J connectivity index is 4.49. The molecule has 0 fully saturated rings. The highest BCUT2D eigenvalue weighted by atomic mass is 16.6. The number of carbonyl (C=O) groups excluding carboxylic acids is 3. The summed E-state index contributed by atoms with van der Waals surface area (Å²) in [4.78, 5) is 38.2. The molecule has 0 aromatic heterocycles. The predicted octanol–water partition coefficient (Wildman–Crippen LogP) is 20.9. The first-order valence-corrected chi connectivity index (χ1v) is 30.7. The molecule has 0 aliphatic carbocycles. The quantitative estimate of drug-likeness (QED) is 0.0261. The second-order valence-corrected chi connectivity index (χ2v) is 20.2. The molecule has 0 radical (unpaired) electrons. The number of rotatable bonds is 55. The third kappa shape index (κ3) is 59.1. The maximum Gasteiger partial charge on any atom is 0.306 e.